The Balaban J connectivity index is 2.61. The van der Waals surface area contributed by atoms with Crippen molar-refractivity contribution < 1.29 is 14.7 Å². The Morgan fingerprint density at radius 3 is 2.45 bits per heavy atom. The first kappa shape index (κ1) is 16.1. The molecule has 0 aliphatic rings. The summed E-state index contributed by atoms with van der Waals surface area (Å²) in [5, 5.41) is 8.77. The zero-order valence-corrected chi connectivity index (χ0v) is 12.3. The average Bonchev–Trinajstić information content (AvgIpc) is 2.35. The molecule has 20 heavy (non-hydrogen) atoms. The number of hydrogen-bond acceptors (Lipinski definition) is 3. The molecule has 0 spiro atoms. The van der Waals surface area contributed by atoms with E-state index in [1.807, 2.05) is 39.0 Å². The van der Waals surface area contributed by atoms with E-state index in [4.69, 9.17) is 5.11 Å². The van der Waals surface area contributed by atoms with E-state index in [-0.39, 0.29) is 24.4 Å². The highest BCUT2D eigenvalue weighted by molar-refractivity contribution is 5.78. The number of aromatic nitrogens is 1. The van der Waals surface area contributed by atoms with E-state index in [2.05, 4.69) is 4.98 Å². The van der Waals surface area contributed by atoms with Gasteiger partial charge in [0.2, 0.25) is 5.91 Å². The van der Waals surface area contributed by atoms with Gasteiger partial charge in [0.15, 0.2) is 0 Å². The van der Waals surface area contributed by atoms with Crippen molar-refractivity contribution in [2.24, 2.45) is 0 Å². The molecule has 0 saturated carbocycles. The highest BCUT2D eigenvalue weighted by Gasteiger charge is 2.26. The van der Waals surface area contributed by atoms with Gasteiger partial charge in [-0.25, -0.2) is 0 Å². The van der Waals surface area contributed by atoms with Gasteiger partial charge in [-0.1, -0.05) is 6.07 Å². The number of carboxylic acid groups (broad SMARTS) is 1. The summed E-state index contributed by atoms with van der Waals surface area (Å²) in [6.07, 6.45) is 2.57. The predicted molar refractivity (Wildman–Crippen MR) is 76.3 cm³/mol. The number of amides is 1. The maximum Gasteiger partial charge on any atom is 0.305 e. The summed E-state index contributed by atoms with van der Waals surface area (Å²) in [6, 6.07) is 5.60. The molecule has 1 heterocycles. The maximum atomic E-state index is 12.3. The third-order valence-electron chi connectivity index (χ3n) is 2.98. The summed E-state index contributed by atoms with van der Waals surface area (Å²) in [7, 11) is 0. The van der Waals surface area contributed by atoms with E-state index < -0.39 is 5.97 Å². The van der Waals surface area contributed by atoms with Gasteiger partial charge in [0.25, 0.3) is 0 Å². The lowest BCUT2D eigenvalue weighted by Crippen LogP contribution is -2.46. The molecular formula is C15H22N2O3. The van der Waals surface area contributed by atoms with Crippen LogP contribution < -0.4 is 0 Å². The number of hydrogen-bond donors (Lipinski definition) is 1. The predicted octanol–water partition coefficient (Wildman–Crippen LogP) is 2.12. The third-order valence-corrected chi connectivity index (χ3v) is 2.98. The molecule has 1 N–H and O–H groups in total. The monoisotopic (exact) mass is 278 g/mol. The van der Waals surface area contributed by atoms with Gasteiger partial charge in [-0.3, -0.25) is 14.6 Å². The number of nitrogens with zero attached hydrogens (tertiary/aromatic N) is 2. The van der Waals surface area contributed by atoms with Crippen LogP contribution in [0.15, 0.2) is 24.4 Å². The summed E-state index contributed by atoms with van der Waals surface area (Å²) in [4.78, 5) is 28.8. The van der Waals surface area contributed by atoms with Gasteiger partial charge >= 0.3 is 5.97 Å². The Hall–Kier alpha value is -1.91. The van der Waals surface area contributed by atoms with Crippen molar-refractivity contribution >= 4 is 11.9 Å². The fourth-order valence-electron chi connectivity index (χ4n) is 1.96. The lowest BCUT2D eigenvalue weighted by atomic mass is 10.0. The molecule has 1 amide bonds. The molecule has 0 aromatic carbocycles. The lowest BCUT2D eigenvalue weighted by Gasteiger charge is -2.35. The minimum atomic E-state index is -0.892. The van der Waals surface area contributed by atoms with Crippen LogP contribution in [0.25, 0.3) is 0 Å². The molecule has 1 rings (SSSR count). The van der Waals surface area contributed by atoms with Gasteiger partial charge in [-0.05, 0) is 39.3 Å². The standard InChI is InChI=1S/C15H22N2O3/c1-15(2,3)17(11-9-14(19)20)13(18)8-7-12-6-4-5-10-16-12/h4-6,10H,7-9,11H2,1-3H3,(H,19,20). The molecule has 1 aromatic heterocycles. The van der Waals surface area contributed by atoms with Crippen molar-refractivity contribution in [2.45, 2.75) is 45.6 Å². The second kappa shape index (κ2) is 7.03. The molecule has 5 nitrogen and oxygen atoms in total. The van der Waals surface area contributed by atoms with Crippen molar-refractivity contribution in [3.8, 4) is 0 Å². The number of rotatable bonds is 6. The molecule has 0 aliphatic heterocycles. The summed E-state index contributed by atoms with van der Waals surface area (Å²) in [5.74, 6) is -0.929. The van der Waals surface area contributed by atoms with Crippen molar-refractivity contribution in [2.75, 3.05) is 6.54 Å². The summed E-state index contributed by atoms with van der Waals surface area (Å²) in [5.41, 5.74) is 0.490. The molecule has 0 saturated heterocycles. The smallest absolute Gasteiger partial charge is 0.305 e. The van der Waals surface area contributed by atoms with Gasteiger partial charge in [0.05, 0.1) is 6.42 Å². The SMILES string of the molecule is CC(C)(C)N(CCC(=O)O)C(=O)CCc1ccccn1. The maximum absolute atomic E-state index is 12.3. The minimum absolute atomic E-state index is 0.0351. The minimum Gasteiger partial charge on any atom is -0.481 e. The number of aryl methyl sites for hydroxylation is 1. The molecule has 0 bridgehead atoms. The van der Waals surface area contributed by atoms with Crippen LogP contribution in [0.4, 0.5) is 0 Å². The van der Waals surface area contributed by atoms with Crippen LogP contribution in [0.3, 0.4) is 0 Å². The van der Waals surface area contributed by atoms with Gasteiger partial charge in [0, 0.05) is 30.4 Å². The van der Waals surface area contributed by atoms with E-state index in [0.29, 0.717) is 12.8 Å². The molecule has 0 atom stereocenters. The molecule has 1 aromatic rings. The summed E-state index contributed by atoms with van der Waals surface area (Å²) < 4.78 is 0. The summed E-state index contributed by atoms with van der Waals surface area (Å²) in [6.45, 7) is 5.97. The van der Waals surface area contributed by atoms with Crippen LogP contribution in [0.2, 0.25) is 0 Å². The topological polar surface area (TPSA) is 70.5 Å². The number of carbonyl (C=O) groups excluding carboxylic acids is 1. The van der Waals surface area contributed by atoms with Crippen LogP contribution in [-0.2, 0) is 16.0 Å². The Morgan fingerprint density at radius 2 is 1.95 bits per heavy atom. The number of aliphatic carboxylic acids is 1. The van der Waals surface area contributed by atoms with Gasteiger partial charge in [-0.2, -0.15) is 0 Å². The zero-order valence-electron chi connectivity index (χ0n) is 12.3. The Labute approximate surface area is 119 Å². The Morgan fingerprint density at radius 1 is 1.25 bits per heavy atom. The van der Waals surface area contributed by atoms with E-state index >= 15 is 0 Å². The van der Waals surface area contributed by atoms with Gasteiger partial charge in [-0.15, -0.1) is 0 Å². The molecular weight excluding hydrogens is 256 g/mol. The molecule has 0 radical (unpaired) electrons. The zero-order chi connectivity index (χ0) is 15.2. The van der Waals surface area contributed by atoms with Crippen LogP contribution in [-0.4, -0.2) is 39.0 Å². The van der Waals surface area contributed by atoms with Gasteiger partial charge in [0.1, 0.15) is 0 Å². The molecule has 0 aliphatic carbocycles. The molecule has 0 unspecified atom stereocenters. The molecule has 110 valence electrons. The van der Waals surface area contributed by atoms with Crippen molar-refractivity contribution in [1.82, 2.24) is 9.88 Å². The van der Waals surface area contributed by atoms with Crippen LogP contribution in [0.5, 0.6) is 0 Å². The number of pyridine rings is 1. The van der Waals surface area contributed by atoms with Crippen LogP contribution >= 0.6 is 0 Å². The first-order valence-electron chi connectivity index (χ1n) is 6.73. The van der Waals surface area contributed by atoms with Crippen molar-refractivity contribution in [3.63, 3.8) is 0 Å². The van der Waals surface area contributed by atoms with E-state index in [1.165, 1.54) is 0 Å². The van der Waals surface area contributed by atoms with E-state index in [9.17, 15) is 9.59 Å². The van der Waals surface area contributed by atoms with Crippen molar-refractivity contribution in [3.05, 3.63) is 30.1 Å². The fourth-order valence-corrected chi connectivity index (χ4v) is 1.96. The molecule has 5 heteroatoms. The fraction of sp³-hybridized carbons (Fsp3) is 0.533. The number of carboxylic acids is 1. The number of carbonyl (C=O) groups is 2. The van der Waals surface area contributed by atoms with E-state index in [1.54, 1.807) is 11.1 Å². The lowest BCUT2D eigenvalue weighted by molar-refractivity contribution is -0.140. The van der Waals surface area contributed by atoms with Crippen LogP contribution in [0, 0.1) is 0 Å². The van der Waals surface area contributed by atoms with E-state index in [0.717, 1.165) is 5.69 Å². The highest BCUT2D eigenvalue weighted by Crippen LogP contribution is 2.16. The average molecular weight is 278 g/mol. The largest absolute Gasteiger partial charge is 0.481 e. The third kappa shape index (κ3) is 5.38. The summed E-state index contributed by atoms with van der Waals surface area (Å²) >= 11 is 0. The van der Waals surface area contributed by atoms with Crippen LogP contribution in [0.1, 0.15) is 39.3 Å². The van der Waals surface area contributed by atoms with Crippen molar-refractivity contribution in [1.29, 1.82) is 0 Å². The molecule has 0 fully saturated rings. The highest BCUT2D eigenvalue weighted by atomic mass is 16.4. The normalized spacial score (nSPS) is 11.2. The van der Waals surface area contributed by atoms with Gasteiger partial charge < -0.3 is 10.0 Å². The Kier molecular flexibility index (Phi) is 5.67. The first-order valence-corrected chi connectivity index (χ1v) is 6.73. The second-order valence-corrected chi connectivity index (χ2v) is 5.68. The first-order chi connectivity index (χ1) is 9.30. The Bertz CT molecular complexity index is 452. The second-order valence-electron chi connectivity index (χ2n) is 5.68. The quantitative estimate of drug-likeness (QED) is 0.865.